The first-order chi connectivity index (χ1) is 10.9. The topological polar surface area (TPSA) is 60.9 Å². The number of nitrogens with zero attached hydrogens (tertiary/aromatic N) is 3. The first-order valence-electron chi connectivity index (χ1n) is 7.64. The van der Waals surface area contributed by atoms with Crippen LogP contribution in [0.4, 0.5) is 0 Å². The van der Waals surface area contributed by atoms with E-state index in [1.165, 1.54) is 10.4 Å². The molecule has 0 bridgehead atoms. The largest absolute Gasteiger partial charge is 0.344 e. The normalized spacial score (nSPS) is 24.3. The van der Waals surface area contributed by atoms with Crippen LogP contribution in [0.2, 0.25) is 5.02 Å². The molecule has 1 aromatic carbocycles. The van der Waals surface area contributed by atoms with Gasteiger partial charge in [-0.25, -0.2) is 8.42 Å². The summed E-state index contributed by atoms with van der Waals surface area (Å²) in [6.07, 6.45) is 0.816. The summed E-state index contributed by atoms with van der Waals surface area (Å²) in [6, 6.07) is 6.22. The van der Waals surface area contributed by atoms with Gasteiger partial charge in [0.15, 0.2) is 0 Å². The molecule has 0 saturated carbocycles. The van der Waals surface area contributed by atoms with Gasteiger partial charge in [-0.15, -0.1) is 0 Å². The van der Waals surface area contributed by atoms with Crippen LogP contribution >= 0.6 is 11.6 Å². The third-order valence-electron chi connectivity index (χ3n) is 4.55. The number of benzene rings is 1. The molecule has 1 atom stereocenters. The molecule has 2 heterocycles. The molecule has 1 amide bonds. The highest BCUT2D eigenvalue weighted by atomic mass is 35.5. The molecule has 23 heavy (non-hydrogen) atoms. The molecule has 0 radical (unpaired) electrons. The van der Waals surface area contributed by atoms with E-state index in [2.05, 4.69) is 4.90 Å². The van der Waals surface area contributed by atoms with Gasteiger partial charge in [-0.2, -0.15) is 4.31 Å². The van der Waals surface area contributed by atoms with Gasteiger partial charge in [-0.05, 0) is 24.6 Å². The van der Waals surface area contributed by atoms with Gasteiger partial charge in [0.25, 0.3) is 0 Å². The van der Waals surface area contributed by atoms with Crippen molar-refractivity contribution >= 4 is 27.5 Å². The van der Waals surface area contributed by atoms with Crippen LogP contribution in [0, 0.1) is 0 Å². The summed E-state index contributed by atoms with van der Waals surface area (Å²) in [6.45, 7) is 2.70. The SMILES string of the molecule is CN1CCC(N2CCN(S(=O)(=O)c3cccc(Cl)c3)CC2)C1=O. The fourth-order valence-electron chi connectivity index (χ4n) is 3.17. The molecule has 1 unspecified atom stereocenters. The molecule has 2 saturated heterocycles. The number of hydrogen-bond donors (Lipinski definition) is 0. The molecule has 126 valence electrons. The summed E-state index contributed by atoms with van der Waals surface area (Å²) >= 11 is 5.90. The van der Waals surface area contributed by atoms with Gasteiger partial charge >= 0.3 is 0 Å². The lowest BCUT2D eigenvalue weighted by atomic mass is 10.2. The second-order valence-corrected chi connectivity index (χ2v) is 8.34. The van der Waals surface area contributed by atoms with Crippen molar-refractivity contribution < 1.29 is 13.2 Å². The second kappa shape index (κ2) is 6.39. The molecule has 3 rings (SSSR count). The average molecular weight is 358 g/mol. The zero-order valence-electron chi connectivity index (χ0n) is 13.0. The molecule has 8 heteroatoms. The van der Waals surface area contributed by atoms with Gasteiger partial charge in [0.05, 0.1) is 10.9 Å². The predicted molar refractivity (Wildman–Crippen MR) is 87.8 cm³/mol. The lowest BCUT2D eigenvalue weighted by Crippen LogP contribution is -2.53. The highest BCUT2D eigenvalue weighted by Gasteiger charge is 2.37. The van der Waals surface area contributed by atoms with E-state index in [0.29, 0.717) is 31.2 Å². The molecule has 0 N–H and O–H groups in total. The Morgan fingerprint density at radius 1 is 1.13 bits per heavy atom. The fourth-order valence-corrected chi connectivity index (χ4v) is 4.90. The quantitative estimate of drug-likeness (QED) is 0.805. The van der Waals surface area contributed by atoms with Crippen molar-refractivity contribution in [3.05, 3.63) is 29.3 Å². The molecule has 2 fully saturated rings. The number of likely N-dealkylation sites (N-methyl/N-ethyl adjacent to an activating group) is 1. The third-order valence-corrected chi connectivity index (χ3v) is 6.68. The van der Waals surface area contributed by atoms with Crippen molar-refractivity contribution in [2.75, 3.05) is 39.8 Å². The summed E-state index contributed by atoms with van der Waals surface area (Å²) in [5, 5.41) is 0.407. The third kappa shape index (κ3) is 3.24. The van der Waals surface area contributed by atoms with Gasteiger partial charge in [0.2, 0.25) is 15.9 Å². The van der Waals surface area contributed by atoms with Crippen molar-refractivity contribution in [2.45, 2.75) is 17.4 Å². The molecule has 2 aliphatic rings. The first kappa shape index (κ1) is 16.7. The van der Waals surface area contributed by atoms with Crippen molar-refractivity contribution in [3.63, 3.8) is 0 Å². The monoisotopic (exact) mass is 357 g/mol. The molecule has 0 spiro atoms. The lowest BCUT2D eigenvalue weighted by molar-refractivity contribution is -0.131. The minimum Gasteiger partial charge on any atom is -0.344 e. The number of rotatable bonds is 3. The Labute approximate surface area is 141 Å². The molecule has 0 aromatic heterocycles. The number of carbonyl (C=O) groups excluding carboxylic acids is 1. The highest BCUT2D eigenvalue weighted by Crippen LogP contribution is 2.23. The van der Waals surface area contributed by atoms with E-state index in [9.17, 15) is 13.2 Å². The van der Waals surface area contributed by atoms with E-state index in [0.717, 1.165) is 13.0 Å². The Morgan fingerprint density at radius 2 is 1.83 bits per heavy atom. The first-order valence-corrected chi connectivity index (χ1v) is 9.46. The molecular weight excluding hydrogens is 338 g/mol. The summed E-state index contributed by atoms with van der Waals surface area (Å²) in [5.41, 5.74) is 0. The van der Waals surface area contributed by atoms with Crippen molar-refractivity contribution in [1.82, 2.24) is 14.1 Å². The number of likely N-dealkylation sites (tertiary alicyclic amines) is 1. The molecule has 2 aliphatic heterocycles. The smallest absolute Gasteiger partial charge is 0.243 e. The standard InChI is InChI=1S/C15H20ClN3O3S/c1-17-6-5-14(15(17)20)18-7-9-19(10-8-18)23(21,22)13-4-2-3-12(16)11-13/h2-4,11,14H,5-10H2,1H3. The van der Waals surface area contributed by atoms with Crippen LogP contribution in [0.1, 0.15) is 6.42 Å². The molecule has 6 nitrogen and oxygen atoms in total. The Balaban J connectivity index is 1.68. The average Bonchev–Trinajstić information content (AvgIpc) is 2.87. The van der Waals surface area contributed by atoms with Crippen LogP contribution in [0.3, 0.4) is 0 Å². The Morgan fingerprint density at radius 3 is 2.39 bits per heavy atom. The zero-order valence-corrected chi connectivity index (χ0v) is 14.6. The number of halogens is 1. The van der Waals surface area contributed by atoms with Gasteiger partial charge in [-0.3, -0.25) is 9.69 Å². The minimum atomic E-state index is -3.53. The van der Waals surface area contributed by atoms with E-state index < -0.39 is 10.0 Å². The number of amides is 1. The van der Waals surface area contributed by atoms with E-state index in [1.807, 2.05) is 7.05 Å². The molecule has 0 aliphatic carbocycles. The van der Waals surface area contributed by atoms with Crippen LogP contribution in [0.25, 0.3) is 0 Å². The predicted octanol–water partition coefficient (Wildman–Crippen LogP) is 0.877. The van der Waals surface area contributed by atoms with Crippen LogP contribution in [-0.2, 0) is 14.8 Å². The fraction of sp³-hybridized carbons (Fsp3) is 0.533. The van der Waals surface area contributed by atoms with Crippen LogP contribution in [-0.4, -0.2) is 74.2 Å². The molecule has 1 aromatic rings. The summed E-state index contributed by atoms with van der Waals surface area (Å²) in [5.74, 6) is 0.135. The zero-order chi connectivity index (χ0) is 16.6. The van der Waals surface area contributed by atoms with Crippen LogP contribution < -0.4 is 0 Å². The Hall–Kier alpha value is -1.15. The second-order valence-electron chi connectivity index (χ2n) is 5.96. The Bertz CT molecular complexity index is 702. The highest BCUT2D eigenvalue weighted by molar-refractivity contribution is 7.89. The van der Waals surface area contributed by atoms with E-state index in [-0.39, 0.29) is 16.8 Å². The number of piperazine rings is 1. The van der Waals surface area contributed by atoms with Gasteiger partial charge < -0.3 is 4.90 Å². The van der Waals surface area contributed by atoms with Crippen molar-refractivity contribution in [2.24, 2.45) is 0 Å². The van der Waals surface area contributed by atoms with Crippen molar-refractivity contribution in [1.29, 1.82) is 0 Å². The van der Waals surface area contributed by atoms with E-state index in [4.69, 9.17) is 11.6 Å². The van der Waals surface area contributed by atoms with Gasteiger partial charge in [0.1, 0.15) is 0 Å². The summed E-state index contributed by atoms with van der Waals surface area (Å²) < 4.78 is 26.8. The maximum Gasteiger partial charge on any atom is 0.243 e. The summed E-state index contributed by atoms with van der Waals surface area (Å²) in [4.78, 5) is 16.1. The van der Waals surface area contributed by atoms with Crippen LogP contribution in [0.5, 0.6) is 0 Å². The maximum atomic E-state index is 12.7. The van der Waals surface area contributed by atoms with Crippen molar-refractivity contribution in [3.8, 4) is 0 Å². The molecular formula is C15H20ClN3O3S. The number of sulfonamides is 1. The van der Waals surface area contributed by atoms with Gasteiger partial charge in [-0.1, -0.05) is 17.7 Å². The lowest BCUT2D eigenvalue weighted by Gasteiger charge is -2.36. The maximum absolute atomic E-state index is 12.7. The van der Waals surface area contributed by atoms with E-state index >= 15 is 0 Å². The minimum absolute atomic E-state index is 0.101. The van der Waals surface area contributed by atoms with E-state index in [1.54, 1.807) is 23.1 Å². The summed E-state index contributed by atoms with van der Waals surface area (Å²) in [7, 11) is -1.72. The van der Waals surface area contributed by atoms with Crippen LogP contribution in [0.15, 0.2) is 29.2 Å². The Kier molecular flexibility index (Phi) is 4.64. The number of carbonyl (C=O) groups is 1. The van der Waals surface area contributed by atoms with Gasteiger partial charge in [0, 0.05) is 44.8 Å². The number of hydrogen-bond acceptors (Lipinski definition) is 4.